The average Bonchev–Trinajstić information content (AvgIpc) is 2.29. The first-order valence-electron chi connectivity index (χ1n) is 4.77. The summed E-state index contributed by atoms with van der Waals surface area (Å²) < 4.78 is 0. The van der Waals surface area contributed by atoms with Gasteiger partial charge in [0.15, 0.2) is 0 Å². The van der Waals surface area contributed by atoms with Crippen molar-refractivity contribution in [1.82, 2.24) is 4.98 Å². The van der Waals surface area contributed by atoms with Crippen LogP contribution in [0.3, 0.4) is 0 Å². The minimum atomic E-state index is -0.716. The Hall–Kier alpha value is -1.74. The van der Waals surface area contributed by atoms with E-state index in [1.54, 1.807) is 12.3 Å². The van der Waals surface area contributed by atoms with Crippen molar-refractivity contribution in [3.05, 3.63) is 42.1 Å². The van der Waals surface area contributed by atoms with E-state index in [0.717, 1.165) is 22.8 Å². The van der Waals surface area contributed by atoms with Crippen LogP contribution >= 0.6 is 0 Å². The van der Waals surface area contributed by atoms with Crippen LogP contribution in [0.25, 0.3) is 10.9 Å². The number of nitrogens with zero attached hydrogens (tertiary/aromatic N) is 1. The number of carbonyl (C=O) groups is 1. The molecule has 1 aromatic carbocycles. The fourth-order valence-electron chi connectivity index (χ4n) is 1.53. The van der Waals surface area contributed by atoms with Crippen molar-refractivity contribution >= 4 is 17.2 Å². The van der Waals surface area contributed by atoms with Crippen molar-refractivity contribution < 1.29 is 9.90 Å². The number of carbonyl (C=O) groups excluding carboxylic acids is 1. The van der Waals surface area contributed by atoms with Gasteiger partial charge in [0.05, 0.1) is 11.6 Å². The van der Waals surface area contributed by atoms with Crippen molar-refractivity contribution in [3.63, 3.8) is 0 Å². The molecule has 1 atom stereocenters. The molecule has 1 heterocycles. The smallest absolute Gasteiger partial charge is 0.122 e. The van der Waals surface area contributed by atoms with Crippen LogP contribution in [0.5, 0.6) is 0 Å². The number of aldehydes is 1. The molecule has 0 fully saturated rings. The zero-order chi connectivity index (χ0) is 10.7. The van der Waals surface area contributed by atoms with Crippen molar-refractivity contribution in [1.29, 1.82) is 0 Å². The Morgan fingerprint density at radius 3 is 3.07 bits per heavy atom. The van der Waals surface area contributed by atoms with E-state index in [4.69, 9.17) is 0 Å². The van der Waals surface area contributed by atoms with E-state index in [-0.39, 0.29) is 6.42 Å². The predicted octanol–water partition coefficient (Wildman–Crippen LogP) is 1.86. The lowest BCUT2D eigenvalue weighted by molar-refractivity contribution is -0.109. The van der Waals surface area contributed by atoms with Crippen LogP contribution in [0.2, 0.25) is 0 Å². The van der Waals surface area contributed by atoms with E-state index in [9.17, 15) is 9.90 Å². The van der Waals surface area contributed by atoms with Crippen LogP contribution in [0, 0.1) is 0 Å². The largest absolute Gasteiger partial charge is 0.388 e. The summed E-state index contributed by atoms with van der Waals surface area (Å²) in [5, 5.41) is 10.6. The normalized spacial score (nSPS) is 12.6. The molecule has 0 bridgehead atoms. The van der Waals surface area contributed by atoms with Crippen LogP contribution in [0.15, 0.2) is 36.5 Å². The molecule has 0 amide bonds. The molecule has 0 saturated carbocycles. The summed E-state index contributed by atoms with van der Waals surface area (Å²) in [5.41, 5.74) is 1.64. The highest BCUT2D eigenvalue weighted by Crippen LogP contribution is 2.20. The second kappa shape index (κ2) is 4.19. The summed E-state index contributed by atoms with van der Waals surface area (Å²) >= 11 is 0. The van der Waals surface area contributed by atoms with Crippen LogP contribution < -0.4 is 0 Å². The molecule has 1 N–H and O–H groups in total. The third kappa shape index (κ3) is 2.02. The monoisotopic (exact) mass is 201 g/mol. The van der Waals surface area contributed by atoms with Gasteiger partial charge in [-0.15, -0.1) is 0 Å². The molecule has 3 heteroatoms. The molecule has 2 rings (SSSR count). The Morgan fingerprint density at radius 1 is 1.40 bits per heavy atom. The van der Waals surface area contributed by atoms with Gasteiger partial charge >= 0.3 is 0 Å². The summed E-state index contributed by atoms with van der Waals surface area (Å²) in [6.45, 7) is 0. The Bertz CT molecular complexity index is 482. The fourth-order valence-corrected chi connectivity index (χ4v) is 1.53. The van der Waals surface area contributed by atoms with Crippen molar-refractivity contribution in [2.45, 2.75) is 12.5 Å². The number of aromatic nitrogens is 1. The van der Waals surface area contributed by atoms with E-state index in [1.165, 1.54) is 0 Å². The Labute approximate surface area is 87.4 Å². The molecule has 1 aromatic heterocycles. The first-order chi connectivity index (χ1) is 7.31. The number of rotatable bonds is 3. The number of benzene rings is 1. The van der Waals surface area contributed by atoms with Gasteiger partial charge in [-0.3, -0.25) is 4.98 Å². The van der Waals surface area contributed by atoms with Gasteiger partial charge in [-0.05, 0) is 23.8 Å². The number of hydrogen-bond acceptors (Lipinski definition) is 3. The molecule has 2 aromatic rings. The van der Waals surface area contributed by atoms with Crippen LogP contribution in [0.1, 0.15) is 18.1 Å². The van der Waals surface area contributed by atoms with Gasteiger partial charge in [0.2, 0.25) is 0 Å². The predicted molar refractivity (Wildman–Crippen MR) is 57.4 cm³/mol. The van der Waals surface area contributed by atoms with Crippen molar-refractivity contribution in [2.24, 2.45) is 0 Å². The first kappa shape index (κ1) is 9.80. The van der Waals surface area contributed by atoms with Gasteiger partial charge in [-0.1, -0.05) is 12.1 Å². The van der Waals surface area contributed by atoms with E-state index >= 15 is 0 Å². The minimum Gasteiger partial charge on any atom is -0.388 e. The topological polar surface area (TPSA) is 50.2 Å². The maximum atomic E-state index is 10.3. The second-order valence-electron chi connectivity index (χ2n) is 3.37. The van der Waals surface area contributed by atoms with Gasteiger partial charge in [-0.2, -0.15) is 0 Å². The van der Waals surface area contributed by atoms with E-state index < -0.39 is 6.10 Å². The maximum absolute atomic E-state index is 10.3. The molecule has 76 valence electrons. The molecule has 0 aliphatic carbocycles. The highest BCUT2D eigenvalue weighted by atomic mass is 16.3. The Morgan fingerprint density at radius 2 is 2.27 bits per heavy atom. The summed E-state index contributed by atoms with van der Waals surface area (Å²) in [4.78, 5) is 14.5. The number of aliphatic hydroxyl groups excluding tert-OH is 1. The molecule has 0 aliphatic rings. The van der Waals surface area contributed by atoms with E-state index in [1.807, 2.05) is 24.3 Å². The van der Waals surface area contributed by atoms with E-state index in [2.05, 4.69) is 4.98 Å². The molecule has 0 radical (unpaired) electrons. The third-order valence-electron chi connectivity index (χ3n) is 2.33. The zero-order valence-electron chi connectivity index (χ0n) is 8.13. The number of pyridine rings is 1. The number of hydrogen-bond donors (Lipinski definition) is 1. The zero-order valence-corrected chi connectivity index (χ0v) is 8.13. The van der Waals surface area contributed by atoms with Gasteiger partial charge in [0.25, 0.3) is 0 Å². The van der Waals surface area contributed by atoms with Gasteiger partial charge in [0.1, 0.15) is 6.29 Å². The summed E-state index contributed by atoms with van der Waals surface area (Å²) in [5.74, 6) is 0. The summed E-state index contributed by atoms with van der Waals surface area (Å²) in [7, 11) is 0. The first-order valence-corrected chi connectivity index (χ1v) is 4.77. The van der Waals surface area contributed by atoms with Gasteiger partial charge in [-0.25, -0.2) is 0 Å². The lowest BCUT2D eigenvalue weighted by Gasteiger charge is -2.07. The standard InChI is InChI=1S/C12H11NO2/c14-7-5-12(15)10-3-4-11-9(8-10)2-1-6-13-11/h1-4,6-8,12,15H,5H2. The summed E-state index contributed by atoms with van der Waals surface area (Å²) in [6.07, 6.45) is 1.86. The highest BCUT2D eigenvalue weighted by Gasteiger charge is 2.06. The molecular formula is C12H11NO2. The molecule has 0 aliphatic heterocycles. The molecule has 0 saturated heterocycles. The molecule has 15 heavy (non-hydrogen) atoms. The SMILES string of the molecule is O=CCC(O)c1ccc2ncccc2c1. The van der Waals surface area contributed by atoms with Gasteiger partial charge < -0.3 is 9.90 Å². The molecule has 3 nitrogen and oxygen atoms in total. The lowest BCUT2D eigenvalue weighted by Crippen LogP contribution is -1.97. The maximum Gasteiger partial charge on any atom is 0.122 e. The number of aliphatic hydroxyl groups is 1. The summed E-state index contributed by atoms with van der Waals surface area (Å²) in [6, 6.07) is 9.27. The minimum absolute atomic E-state index is 0.131. The Kier molecular flexibility index (Phi) is 2.74. The molecular weight excluding hydrogens is 190 g/mol. The van der Waals surface area contributed by atoms with Gasteiger partial charge in [0, 0.05) is 18.0 Å². The highest BCUT2D eigenvalue weighted by molar-refractivity contribution is 5.79. The van der Waals surface area contributed by atoms with Crippen molar-refractivity contribution in [3.8, 4) is 0 Å². The van der Waals surface area contributed by atoms with E-state index in [0.29, 0.717) is 0 Å². The van der Waals surface area contributed by atoms with Crippen LogP contribution in [-0.2, 0) is 4.79 Å². The van der Waals surface area contributed by atoms with Crippen LogP contribution in [-0.4, -0.2) is 16.4 Å². The number of fused-ring (bicyclic) bond motifs is 1. The Balaban J connectivity index is 2.42. The second-order valence-corrected chi connectivity index (χ2v) is 3.37. The lowest BCUT2D eigenvalue weighted by atomic mass is 10.0. The van der Waals surface area contributed by atoms with Crippen molar-refractivity contribution in [2.75, 3.05) is 0 Å². The molecule has 0 spiro atoms. The van der Waals surface area contributed by atoms with Crippen LogP contribution in [0.4, 0.5) is 0 Å². The quantitative estimate of drug-likeness (QED) is 0.771. The fraction of sp³-hybridized carbons (Fsp3) is 0.167. The molecule has 1 unspecified atom stereocenters. The third-order valence-corrected chi connectivity index (χ3v) is 2.33. The average molecular weight is 201 g/mol.